The maximum Gasteiger partial charge on any atom is 0.124 e. The first-order valence-electron chi connectivity index (χ1n) is 5.68. The number of aromatic nitrogens is 1. The number of phenolic OH excluding ortho intramolecular Hbond substituents is 1. The average molecular weight is 264 g/mol. The molecule has 2 aromatic rings. The van der Waals surface area contributed by atoms with Crippen molar-refractivity contribution < 1.29 is 9.84 Å². The van der Waals surface area contributed by atoms with Gasteiger partial charge in [0.1, 0.15) is 11.5 Å². The first-order valence-corrected chi connectivity index (χ1v) is 6.56. The van der Waals surface area contributed by atoms with Crippen molar-refractivity contribution in [1.82, 2.24) is 10.3 Å². The Bertz CT molecular complexity index is 500. The van der Waals surface area contributed by atoms with Gasteiger partial charge >= 0.3 is 0 Å². The molecule has 5 heteroatoms. The lowest BCUT2D eigenvalue weighted by atomic mass is 10.1. The highest BCUT2D eigenvalue weighted by Gasteiger charge is 2.11. The Hall–Kier alpha value is -1.59. The zero-order chi connectivity index (χ0) is 13.0. The van der Waals surface area contributed by atoms with Crippen molar-refractivity contribution in [3.05, 3.63) is 40.3 Å². The van der Waals surface area contributed by atoms with Crippen molar-refractivity contribution in [2.45, 2.75) is 19.5 Å². The molecule has 0 radical (unpaired) electrons. The molecule has 0 bridgehead atoms. The van der Waals surface area contributed by atoms with Gasteiger partial charge in [-0.2, -0.15) is 0 Å². The third-order valence-electron chi connectivity index (χ3n) is 2.77. The Balaban J connectivity index is 2.02. The third-order valence-corrected chi connectivity index (χ3v) is 3.55. The second kappa shape index (κ2) is 5.84. The largest absolute Gasteiger partial charge is 0.507 e. The number of ether oxygens (including phenoxy) is 1. The molecule has 0 spiro atoms. The normalized spacial score (nSPS) is 12.3. The Morgan fingerprint density at radius 1 is 1.50 bits per heavy atom. The lowest BCUT2D eigenvalue weighted by Gasteiger charge is -2.15. The SMILES string of the molecule is COc1ccc(C(C)NCc2cncs2)c(O)c1. The second-order valence-corrected chi connectivity index (χ2v) is 4.97. The predicted octanol–water partition coefficient (Wildman–Crippen LogP) is 2.71. The van der Waals surface area contributed by atoms with E-state index < -0.39 is 0 Å². The van der Waals surface area contributed by atoms with E-state index in [0.29, 0.717) is 5.75 Å². The van der Waals surface area contributed by atoms with E-state index in [0.717, 1.165) is 12.1 Å². The number of thiazole rings is 1. The highest BCUT2D eigenvalue weighted by molar-refractivity contribution is 7.09. The summed E-state index contributed by atoms with van der Waals surface area (Å²) in [5.41, 5.74) is 2.67. The van der Waals surface area contributed by atoms with Crippen LogP contribution >= 0.6 is 11.3 Å². The lowest BCUT2D eigenvalue weighted by molar-refractivity contribution is 0.404. The van der Waals surface area contributed by atoms with Gasteiger partial charge < -0.3 is 15.2 Å². The highest BCUT2D eigenvalue weighted by Crippen LogP contribution is 2.28. The molecule has 2 N–H and O–H groups in total. The predicted molar refractivity (Wildman–Crippen MR) is 72.0 cm³/mol. The fourth-order valence-electron chi connectivity index (χ4n) is 1.71. The summed E-state index contributed by atoms with van der Waals surface area (Å²) in [6, 6.07) is 5.41. The van der Waals surface area contributed by atoms with Gasteiger partial charge in [0.25, 0.3) is 0 Å². The second-order valence-electron chi connectivity index (χ2n) is 4.00. The minimum atomic E-state index is 0.0676. The van der Waals surface area contributed by atoms with E-state index in [-0.39, 0.29) is 11.8 Å². The molecule has 1 heterocycles. The van der Waals surface area contributed by atoms with Crippen molar-refractivity contribution in [3.63, 3.8) is 0 Å². The molecule has 0 saturated heterocycles. The van der Waals surface area contributed by atoms with E-state index in [9.17, 15) is 5.11 Å². The molecule has 96 valence electrons. The third kappa shape index (κ3) is 3.00. The number of aromatic hydroxyl groups is 1. The summed E-state index contributed by atoms with van der Waals surface area (Å²) in [6.07, 6.45) is 1.85. The maximum absolute atomic E-state index is 9.92. The molecule has 1 aromatic carbocycles. The van der Waals surface area contributed by atoms with Crippen molar-refractivity contribution in [2.75, 3.05) is 7.11 Å². The van der Waals surface area contributed by atoms with Crippen molar-refractivity contribution in [1.29, 1.82) is 0 Å². The first-order chi connectivity index (χ1) is 8.70. The molecule has 1 atom stereocenters. The summed E-state index contributed by atoms with van der Waals surface area (Å²) in [5, 5.41) is 13.3. The molecule has 1 aromatic heterocycles. The molecular weight excluding hydrogens is 248 g/mol. The van der Waals surface area contributed by atoms with Crippen LogP contribution in [0.2, 0.25) is 0 Å². The number of phenols is 1. The van der Waals surface area contributed by atoms with E-state index in [4.69, 9.17) is 4.74 Å². The molecule has 0 aliphatic carbocycles. The minimum Gasteiger partial charge on any atom is -0.507 e. The molecule has 0 aliphatic heterocycles. The van der Waals surface area contributed by atoms with Crippen LogP contribution in [0, 0.1) is 0 Å². The standard InChI is InChI=1S/C13H16N2O2S/c1-9(15-7-11-6-14-8-18-11)12-4-3-10(17-2)5-13(12)16/h3-6,8-9,15-16H,7H2,1-2H3. The fraction of sp³-hybridized carbons (Fsp3) is 0.308. The fourth-order valence-corrected chi connectivity index (χ4v) is 2.26. The van der Waals surface area contributed by atoms with E-state index in [2.05, 4.69) is 10.3 Å². The molecule has 0 amide bonds. The van der Waals surface area contributed by atoms with Gasteiger partial charge in [0.05, 0.1) is 12.6 Å². The number of nitrogens with one attached hydrogen (secondary N) is 1. The van der Waals surface area contributed by atoms with Gasteiger partial charge in [0.2, 0.25) is 0 Å². The molecule has 4 nitrogen and oxygen atoms in total. The first kappa shape index (κ1) is 12.9. The smallest absolute Gasteiger partial charge is 0.124 e. The minimum absolute atomic E-state index is 0.0676. The average Bonchev–Trinajstić information content (AvgIpc) is 2.88. The van der Waals surface area contributed by atoms with Crippen LogP contribution < -0.4 is 10.1 Å². The zero-order valence-electron chi connectivity index (χ0n) is 10.4. The van der Waals surface area contributed by atoms with Crippen LogP contribution in [0.3, 0.4) is 0 Å². The summed E-state index contributed by atoms with van der Waals surface area (Å²) in [7, 11) is 1.58. The van der Waals surface area contributed by atoms with Gasteiger partial charge in [-0.15, -0.1) is 11.3 Å². The Kier molecular flexibility index (Phi) is 4.17. The lowest BCUT2D eigenvalue weighted by Crippen LogP contribution is -2.17. The van der Waals surface area contributed by atoms with Gasteiger partial charge in [-0.05, 0) is 13.0 Å². The quantitative estimate of drug-likeness (QED) is 0.872. The van der Waals surface area contributed by atoms with Crippen molar-refractivity contribution in [2.24, 2.45) is 0 Å². The van der Waals surface area contributed by atoms with Crippen LogP contribution in [0.5, 0.6) is 11.5 Å². The van der Waals surface area contributed by atoms with E-state index in [1.807, 2.05) is 30.8 Å². The summed E-state index contributed by atoms with van der Waals surface area (Å²) in [6.45, 7) is 2.76. The number of hydrogen-bond donors (Lipinski definition) is 2. The summed E-state index contributed by atoms with van der Waals surface area (Å²) in [4.78, 5) is 5.20. The summed E-state index contributed by atoms with van der Waals surface area (Å²) in [5.74, 6) is 0.907. The Morgan fingerprint density at radius 3 is 2.94 bits per heavy atom. The maximum atomic E-state index is 9.92. The van der Waals surface area contributed by atoms with E-state index in [1.165, 1.54) is 4.88 Å². The van der Waals surface area contributed by atoms with Crippen LogP contribution in [0.1, 0.15) is 23.4 Å². The van der Waals surface area contributed by atoms with Crippen LogP contribution in [0.15, 0.2) is 29.9 Å². The topological polar surface area (TPSA) is 54.4 Å². The number of nitrogens with zero attached hydrogens (tertiary/aromatic N) is 1. The van der Waals surface area contributed by atoms with Gasteiger partial charge in [-0.1, -0.05) is 6.07 Å². The van der Waals surface area contributed by atoms with Gasteiger partial charge in [0.15, 0.2) is 0 Å². The Labute approximate surface area is 110 Å². The molecule has 1 unspecified atom stereocenters. The van der Waals surface area contributed by atoms with Crippen LogP contribution in [0.25, 0.3) is 0 Å². The number of methoxy groups -OCH3 is 1. The summed E-state index contributed by atoms with van der Waals surface area (Å²) < 4.78 is 5.06. The van der Waals surface area contributed by atoms with Gasteiger partial charge in [0, 0.05) is 35.3 Å². The molecule has 2 rings (SSSR count). The Morgan fingerprint density at radius 2 is 2.33 bits per heavy atom. The highest BCUT2D eigenvalue weighted by atomic mass is 32.1. The van der Waals surface area contributed by atoms with E-state index >= 15 is 0 Å². The van der Waals surface area contributed by atoms with Crippen LogP contribution in [-0.4, -0.2) is 17.2 Å². The monoisotopic (exact) mass is 264 g/mol. The van der Waals surface area contributed by atoms with Crippen LogP contribution in [-0.2, 0) is 6.54 Å². The number of hydrogen-bond acceptors (Lipinski definition) is 5. The molecular formula is C13H16N2O2S. The number of rotatable bonds is 5. The molecule has 0 aliphatic rings. The van der Waals surface area contributed by atoms with Gasteiger partial charge in [-0.3, -0.25) is 4.98 Å². The summed E-state index contributed by atoms with van der Waals surface area (Å²) >= 11 is 1.61. The molecule has 0 saturated carbocycles. The van der Waals surface area contributed by atoms with Gasteiger partial charge in [-0.25, -0.2) is 0 Å². The molecule has 0 fully saturated rings. The number of benzene rings is 1. The zero-order valence-corrected chi connectivity index (χ0v) is 11.2. The molecule has 18 heavy (non-hydrogen) atoms. The van der Waals surface area contributed by atoms with Crippen LogP contribution in [0.4, 0.5) is 0 Å². The van der Waals surface area contributed by atoms with Crippen molar-refractivity contribution >= 4 is 11.3 Å². The van der Waals surface area contributed by atoms with Crippen molar-refractivity contribution in [3.8, 4) is 11.5 Å². The van der Waals surface area contributed by atoms with E-state index in [1.54, 1.807) is 24.5 Å².